The quantitative estimate of drug-likeness (QED) is 0.904. The van der Waals surface area contributed by atoms with E-state index < -0.39 is 0 Å². The first-order valence-corrected chi connectivity index (χ1v) is 7.08. The smallest absolute Gasteiger partial charge is 0.0493 e. The molecule has 0 radical (unpaired) electrons. The average molecular weight is 297 g/mol. The molecule has 1 aliphatic rings. The summed E-state index contributed by atoms with van der Waals surface area (Å²) in [5.41, 5.74) is 7.46. The second-order valence-corrected chi connectivity index (χ2v) is 6.15. The molecular weight excluding hydrogens is 276 g/mol. The largest absolute Gasteiger partial charge is 0.326 e. The van der Waals surface area contributed by atoms with E-state index in [0.717, 1.165) is 10.4 Å². The fourth-order valence-corrected chi connectivity index (χ4v) is 2.70. The summed E-state index contributed by atoms with van der Waals surface area (Å²) in [6, 6.07) is 9.00. The lowest BCUT2D eigenvalue weighted by molar-refractivity contribution is 0.211. The topological polar surface area (TPSA) is 29.3 Å². The van der Waals surface area contributed by atoms with Crippen LogP contribution in [0.1, 0.15) is 31.4 Å². The molecule has 2 nitrogen and oxygen atoms in total. The first kappa shape index (κ1) is 13.1. The van der Waals surface area contributed by atoms with Crippen LogP contribution in [0.2, 0.25) is 0 Å². The number of hydrogen-bond donors (Lipinski definition) is 1. The first-order chi connectivity index (χ1) is 8.08. The minimum atomic E-state index is 0.153. The highest BCUT2D eigenvalue weighted by Crippen LogP contribution is 2.33. The van der Waals surface area contributed by atoms with Crippen molar-refractivity contribution in [1.82, 2.24) is 4.90 Å². The molecule has 1 aromatic rings. The van der Waals surface area contributed by atoms with Gasteiger partial charge in [0.15, 0.2) is 0 Å². The van der Waals surface area contributed by atoms with Crippen LogP contribution in [0.25, 0.3) is 0 Å². The van der Waals surface area contributed by atoms with Gasteiger partial charge in [0.2, 0.25) is 0 Å². The highest BCUT2D eigenvalue weighted by molar-refractivity contribution is 9.10. The predicted molar refractivity (Wildman–Crippen MR) is 75.9 cm³/mol. The number of halogens is 1. The van der Waals surface area contributed by atoms with Gasteiger partial charge in [-0.05, 0) is 50.4 Å². The lowest BCUT2D eigenvalue weighted by Crippen LogP contribution is -2.38. The first-order valence-electron chi connectivity index (χ1n) is 6.29. The van der Waals surface area contributed by atoms with E-state index in [0.29, 0.717) is 6.04 Å². The molecule has 94 valence electrons. The zero-order valence-corrected chi connectivity index (χ0v) is 12.2. The summed E-state index contributed by atoms with van der Waals surface area (Å²) >= 11 is 3.47. The summed E-state index contributed by atoms with van der Waals surface area (Å²) in [5, 5.41) is 0. The van der Waals surface area contributed by atoms with Gasteiger partial charge in [-0.1, -0.05) is 28.1 Å². The Morgan fingerprint density at radius 3 is 2.41 bits per heavy atom. The molecule has 2 N–H and O–H groups in total. The molecule has 0 aliphatic heterocycles. The fourth-order valence-electron chi connectivity index (χ4n) is 2.44. The zero-order valence-electron chi connectivity index (χ0n) is 10.6. The minimum Gasteiger partial charge on any atom is -0.326 e. The predicted octanol–water partition coefficient (Wildman–Crippen LogP) is 3.18. The molecule has 17 heavy (non-hydrogen) atoms. The Morgan fingerprint density at radius 2 is 1.94 bits per heavy atom. The Bertz CT molecular complexity index is 357. The number of nitrogens with two attached hydrogens (primary N) is 1. The minimum absolute atomic E-state index is 0.153. The van der Waals surface area contributed by atoms with Gasteiger partial charge >= 0.3 is 0 Å². The lowest BCUT2D eigenvalue weighted by atomic mass is 9.99. The third-order valence-electron chi connectivity index (χ3n) is 3.43. The van der Waals surface area contributed by atoms with Crippen molar-refractivity contribution in [3.8, 4) is 0 Å². The molecule has 1 fully saturated rings. The molecule has 3 heteroatoms. The molecule has 0 saturated heterocycles. The highest BCUT2D eigenvalue weighted by Gasteiger charge is 2.28. The molecule has 0 amide bonds. The average Bonchev–Trinajstić information content (AvgIpc) is 3.04. The second-order valence-electron chi connectivity index (χ2n) is 5.24. The number of likely N-dealkylation sites (N-methyl/N-ethyl adjacent to an activating group) is 1. The number of benzene rings is 1. The van der Waals surface area contributed by atoms with E-state index in [2.05, 4.69) is 59.1 Å². The van der Waals surface area contributed by atoms with Crippen LogP contribution in [-0.2, 0) is 0 Å². The Kier molecular flexibility index (Phi) is 4.23. The van der Waals surface area contributed by atoms with Crippen molar-refractivity contribution in [1.29, 1.82) is 0 Å². The van der Waals surface area contributed by atoms with E-state index in [1.165, 1.54) is 24.9 Å². The Balaban J connectivity index is 2.12. The molecule has 0 aromatic heterocycles. The fraction of sp³-hybridized carbons (Fsp3) is 0.571. The van der Waals surface area contributed by atoms with Gasteiger partial charge in [-0.2, -0.15) is 0 Å². The van der Waals surface area contributed by atoms with Gasteiger partial charge < -0.3 is 5.73 Å². The van der Waals surface area contributed by atoms with Crippen molar-refractivity contribution >= 4 is 15.9 Å². The van der Waals surface area contributed by atoms with E-state index in [9.17, 15) is 0 Å². The molecule has 2 rings (SSSR count). The Morgan fingerprint density at radius 1 is 1.35 bits per heavy atom. The summed E-state index contributed by atoms with van der Waals surface area (Å²) in [4.78, 5) is 2.41. The summed E-state index contributed by atoms with van der Waals surface area (Å²) < 4.78 is 1.12. The third-order valence-corrected chi connectivity index (χ3v) is 3.96. The standard InChI is InChI=1S/C14H21BrN2/c1-10(16)14(17(2)9-11-3-4-11)12-5-7-13(15)8-6-12/h5-8,10-11,14H,3-4,9,16H2,1-2H3. The van der Waals surface area contributed by atoms with Gasteiger partial charge in [0.05, 0.1) is 0 Å². The van der Waals surface area contributed by atoms with E-state index in [1.54, 1.807) is 0 Å². The van der Waals surface area contributed by atoms with Crippen molar-refractivity contribution < 1.29 is 0 Å². The number of rotatable bonds is 5. The molecule has 0 spiro atoms. The maximum atomic E-state index is 6.15. The number of nitrogens with zero attached hydrogens (tertiary/aromatic N) is 1. The van der Waals surface area contributed by atoms with Gasteiger partial charge in [-0.15, -0.1) is 0 Å². The normalized spacial score (nSPS) is 19.4. The summed E-state index contributed by atoms with van der Waals surface area (Å²) in [5.74, 6) is 0.900. The van der Waals surface area contributed by atoms with Crippen LogP contribution >= 0.6 is 15.9 Å². The van der Waals surface area contributed by atoms with Gasteiger partial charge in [-0.3, -0.25) is 4.90 Å². The van der Waals surface area contributed by atoms with Crippen LogP contribution in [0.3, 0.4) is 0 Å². The lowest BCUT2D eigenvalue weighted by Gasteiger charge is -2.31. The van der Waals surface area contributed by atoms with Crippen molar-refractivity contribution in [2.24, 2.45) is 11.7 Å². The van der Waals surface area contributed by atoms with Crippen LogP contribution in [0.15, 0.2) is 28.7 Å². The molecule has 1 saturated carbocycles. The molecule has 1 aliphatic carbocycles. The van der Waals surface area contributed by atoms with Crippen LogP contribution in [0.5, 0.6) is 0 Å². The summed E-state index contributed by atoms with van der Waals surface area (Å²) in [7, 11) is 2.19. The van der Waals surface area contributed by atoms with E-state index in [4.69, 9.17) is 5.73 Å². The molecular formula is C14H21BrN2. The Labute approximate surface area is 112 Å². The maximum absolute atomic E-state index is 6.15. The van der Waals surface area contributed by atoms with E-state index in [1.807, 2.05) is 0 Å². The molecule has 1 aromatic carbocycles. The maximum Gasteiger partial charge on any atom is 0.0493 e. The van der Waals surface area contributed by atoms with E-state index >= 15 is 0 Å². The molecule has 0 heterocycles. The van der Waals surface area contributed by atoms with Crippen molar-refractivity contribution in [3.63, 3.8) is 0 Å². The summed E-state index contributed by atoms with van der Waals surface area (Å²) in [6.07, 6.45) is 2.77. The van der Waals surface area contributed by atoms with Crippen LogP contribution in [0.4, 0.5) is 0 Å². The zero-order chi connectivity index (χ0) is 12.4. The third kappa shape index (κ3) is 3.54. The van der Waals surface area contributed by atoms with Gasteiger partial charge in [0, 0.05) is 23.1 Å². The molecule has 2 unspecified atom stereocenters. The number of hydrogen-bond acceptors (Lipinski definition) is 2. The van der Waals surface area contributed by atoms with Crippen molar-refractivity contribution in [2.45, 2.75) is 31.8 Å². The van der Waals surface area contributed by atoms with Crippen LogP contribution in [0, 0.1) is 5.92 Å². The van der Waals surface area contributed by atoms with Gasteiger partial charge in [0.1, 0.15) is 0 Å². The molecule has 0 bridgehead atoms. The van der Waals surface area contributed by atoms with Crippen molar-refractivity contribution in [2.75, 3.05) is 13.6 Å². The molecule has 2 atom stereocenters. The SMILES string of the molecule is CC(N)C(c1ccc(Br)cc1)N(C)CC1CC1. The van der Waals surface area contributed by atoms with Crippen LogP contribution < -0.4 is 5.73 Å². The monoisotopic (exact) mass is 296 g/mol. The van der Waals surface area contributed by atoms with E-state index in [-0.39, 0.29) is 6.04 Å². The van der Waals surface area contributed by atoms with Crippen molar-refractivity contribution in [3.05, 3.63) is 34.3 Å². The van der Waals surface area contributed by atoms with Gasteiger partial charge in [0.25, 0.3) is 0 Å². The Hall–Kier alpha value is -0.380. The second kappa shape index (κ2) is 5.51. The van der Waals surface area contributed by atoms with Gasteiger partial charge in [-0.25, -0.2) is 0 Å². The summed E-state index contributed by atoms with van der Waals surface area (Å²) in [6.45, 7) is 3.26. The van der Waals surface area contributed by atoms with Crippen LogP contribution in [-0.4, -0.2) is 24.5 Å². The highest BCUT2D eigenvalue weighted by atomic mass is 79.9.